The molecule has 0 aromatic rings. The lowest BCUT2D eigenvalue weighted by Crippen LogP contribution is -2.31. The highest BCUT2D eigenvalue weighted by molar-refractivity contribution is 8.02. The fraction of sp³-hybridized carbons (Fsp3) is 0.727. The van der Waals surface area contributed by atoms with Crippen molar-refractivity contribution in [2.45, 2.75) is 26.2 Å². The summed E-state index contributed by atoms with van der Waals surface area (Å²) < 4.78 is 0. The zero-order chi connectivity index (χ0) is 10.7. The van der Waals surface area contributed by atoms with Gasteiger partial charge in [-0.2, -0.15) is 0 Å². The SMILES string of the molecule is CSC1=C(C)CCC(C(=O)N(C)C)C1. The minimum atomic E-state index is 0.219. The molecule has 0 spiro atoms. The third kappa shape index (κ3) is 2.53. The van der Waals surface area contributed by atoms with Gasteiger partial charge in [-0.25, -0.2) is 0 Å². The molecular weight excluding hydrogens is 194 g/mol. The van der Waals surface area contributed by atoms with E-state index in [0.717, 1.165) is 19.3 Å². The minimum absolute atomic E-state index is 0.219. The fourth-order valence-electron chi connectivity index (χ4n) is 1.86. The van der Waals surface area contributed by atoms with Crippen molar-refractivity contribution < 1.29 is 4.79 Å². The highest BCUT2D eigenvalue weighted by Crippen LogP contribution is 2.35. The molecule has 1 amide bonds. The third-order valence-corrected chi connectivity index (χ3v) is 3.82. The molecule has 0 saturated carbocycles. The molecule has 0 radical (unpaired) electrons. The van der Waals surface area contributed by atoms with Crippen molar-refractivity contribution in [3.63, 3.8) is 0 Å². The van der Waals surface area contributed by atoms with Crippen LogP contribution < -0.4 is 0 Å². The normalized spacial score (nSPS) is 22.4. The van der Waals surface area contributed by atoms with E-state index in [1.807, 2.05) is 14.1 Å². The van der Waals surface area contributed by atoms with Crippen LogP contribution >= 0.6 is 11.8 Å². The zero-order valence-electron chi connectivity index (χ0n) is 9.46. The van der Waals surface area contributed by atoms with Crippen molar-refractivity contribution in [2.24, 2.45) is 5.92 Å². The number of allylic oxidation sites excluding steroid dienone is 2. The van der Waals surface area contributed by atoms with E-state index in [9.17, 15) is 4.79 Å². The summed E-state index contributed by atoms with van der Waals surface area (Å²) in [6.07, 6.45) is 5.15. The second-order valence-electron chi connectivity index (χ2n) is 4.08. The van der Waals surface area contributed by atoms with Crippen LogP contribution in [0.15, 0.2) is 10.5 Å². The van der Waals surface area contributed by atoms with Gasteiger partial charge in [0.05, 0.1) is 0 Å². The summed E-state index contributed by atoms with van der Waals surface area (Å²) in [5.74, 6) is 0.500. The highest BCUT2D eigenvalue weighted by Gasteiger charge is 2.25. The summed E-state index contributed by atoms with van der Waals surface area (Å²) in [5, 5.41) is 0. The van der Waals surface area contributed by atoms with Gasteiger partial charge < -0.3 is 4.90 Å². The Labute approximate surface area is 90.7 Å². The van der Waals surface area contributed by atoms with E-state index in [1.54, 1.807) is 16.7 Å². The lowest BCUT2D eigenvalue weighted by atomic mass is 9.89. The Morgan fingerprint density at radius 1 is 1.50 bits per heavy atom. The van der Waals surface area contributed by atoms with E-state index in [1.165, 1.54) is 10.5 Å². The van der Waals surface area contributed by atoms with Crippen molar-refractivity contribution >= 4 is 17.7 Å². The lowest BCUT2D eigenvalue weighted by Gasteiger charge is -2.26. The quantitative estimate of drug-likeness (QED) is 0.702. The van der Waals surface area contributed by atoms with Crippen molar-refractivity contribution in [3.05, 3.63) is 10.5 Å². The smallest absolute Gasteiger partial charge is 0.225 e. The molecule has 1 aliphatic carbocycles. The van der Waals surface area contributed by atoms with E-state index in [0.29, 0.717) is 0 Å². The molecule has 0 heterocycles. The molecule has 0 fully saturated rings. The Morgan fingerprint density at radius 3 is 2.64 bits per heavy atom. The maximum atomic E-state index is 11.8. The standard InChI is InChI=1S/C11H19NOS/c1-8-5-6-9(7-10(8)14-4)11(13)12(2)3/h9H,5-7H2,1-4H3. The van der Waals surface area contributed by atoms with E-state index >= 15 is 0 Å². The van der Waals surface area contributed by atoms with Crippen LogP contribution in [0, 0.1) is 5.92 Å². The predicted molar refractivity (Wildman–Crippen MR) is 62.3 cm³/mol. The monoisotopic (exact) mass is 213 g/mol. The topological polar surface area (TPSA) is 20.3 Å². The van der Waals surface area contributed by atoms with Crippen LogP contribution in [0.5, 0.6) is 0 Å². The second kappa shape index (κ2) is 4.87. The molecule has 0 aliphatic heterocycles. The van der Waals surface area contributed by atoms with Gasteiger partial charge in [-0.1, -0.05) is 5.57 Å². The van der Waals surface area contributed by atoms with Gasteiger partial charge in [-0.3, -0.25) is 4.79 Å². The Balaban J connectivity index is 2.67. The molecule has 14 heavy (non-hydrogen) atoms. The molecule has 1 rings (SSSR count). The lowest BCUT2D eigenvalue weighted by molar-refractivity contribution is -0.133. The summed E-state index contributed by atoms with van der Waals surface area (Å²) in [7, 11) is 3.68. The summed E-state index contributed by atoms with van der Waals surface area (Å²) >= 11 is 1.80. The number of thioether (sulfide) groups is 1. The number of hydrogen-bond acceptors (Lipinski definition) is 2. The van der Waals surface area contributed by atoms with Crippen LogP contribution in [0.3, 0.4) is 0 Å². The molecule has 0 N–H and O–H groups in total. The molecule has 2 nitrogen and oxygen atoms in total. The van der Waals surface area contributed by atoms with Gasteiger partial charge in [0.2, 0.25) is 5.91 Å². The van der Waals surface area contributed by atoms with Crippen LogP contribution in [-0.2, 0) is 4.79 Å². The number of hydrogen-bond donors (Lipinski definition) is 0. The van der Waals surface area contributed by atoms with Crippen molar-refractivity contribution in [1.82, 2.24) is 4.90 Å². The number of carbonyl (C=O) groups is 1. The van der Waals surface area contributed by atoms with Gasteiger partial charge in [0.1, 0.15) is 0 Å². The highest BCUT2D eigenvalue weighted by atomic mass is 32.2. The average Bonchev–Trinajstić information content (AvgIpc) is 2.17. The van der Waals surface area contributed by atoms with Crippen molar-refractivity contribution in [3.8, 4) is 0 Å². The first-order valence-corrected chi connectivity index (χ1v) is 6.22. The van der Waals surface area contributed by atoms with Gasteiger partial charge in [0.15, 0.2) is 0 Å². The average molecular weight is 213 g/mol. The van der Waals surface area contributed by atoms with Crippen LogP contribution in [-0.4, -0.2) is 31.2 Å². The Bertz CT molecular complexity index is 258. The predicted octanol–water partition coefficient (Wildman–Crippen LogP) is 2.51. The van der Waals surface area contributed by atoms with Crippen molar-refractivity contribution in [1.29, 1.82) is 0 Å². The number of amides is 1. The molecule has 1 unspecified atom stereocenters. The second-order valence-corrected chi connectivity index (χ2v) is 4.98. The molecule has 0 bridgehead atoms. The molecule has 80 valence electrons. The Hall–Kier alpha value is -0.440. The first-order chi connectivity index (χ1) is 6.56. The maximum absolute atomic E-state index is 11.8. The van der Waals surface area contributed by atoms with Gasteiger partial charge >= 0.3 is 0 Å². The van der Waals surface area contributed by atoms with E-state index < -0.39 is 0 Å². The summed E-state index contributed by atoms with van der Waals surface area (Å²) in [6.45, 7) is 2.18. The Morgan fingerprint density at radius 2 is 2.14 bits per heavy atom. The summed E-state index contributed by atoms with van der Waals surface area (Å²) in [6, 6.07) is 0. The zero-order valence-corrected chi connectivity index (χ0v) is 10.3. The van der Waals surface area contributed by atoms with Crippen LogP contribution in [0.1, 0.15) is 26.2 Å². The number of rotatable bonds is 2. The molecule has 0 aromatic heterocycles. The van der Waals surface area contributed by atoms with E-state index in [2.05, 4.69) is 13.2 Å². The van der Waals surface area contributed by atoms with Gasteiger partial charge in [-0.05, 0) is 37.3 Å². The van der Waals surface area contributed by atoms with E-state index in [-0.39, 0.29) is 11.8 Å². The molecule has 3 heteroatoms. The van der Waals surface area contributed by atoms with Crippen LogP contribution in [0.4, 0.5) is 0 Å². The third-order valence-electron chi connectivity index (χ3n) is 2.81. The van der Waals surface area contributed by atoms with Gasteiger partial charge in [0, 0.05) is 20.0 Å². The van der Waals surface area contributed by atoms with Crippen LogP contribution in [0.2, 0.25) is 0 Å². The van der Waals surface area contributed by atoms with E-state index in [4.69, 9.17) is 0 Å². The molecule has 1 aliphatic rings. The van der Waals surface area contributed by atoms with Crippen LogP contribution in [0.25, 0.3) is 0 Å². The summed E-state index contributed by atoms with van der Waals surface area (Å²) in [4.78, 5) is 14.9. The summed E-state index contributed by atoms with van der Waals surface area (Å²) in [5.41, 5.74) is 1.47. The number of nitrogens with zero attached hydrogens (tertiary/aromatic N) is 1. The largest absolute Gasteiger partial charge is 0.349 e. The number of carbonyl (C=O) groups excluding carboxylic acids is 1. The first kappa shape index (κ1) is 11.6. The molecule has 0 saturated heterocycles. The van der Waals surface area contributed by atoms with Gasteiger partial charge in [-0.15, -0.1) is 11.8 Å². The fourth-order valence-corrected chi connectivity index (χ4v) is 2.68. The van der Waals surface area contributed by atoms with Crippen molar-refractivity contribution in [2.75, 3.05) is 20.4 Å². The first-order valence-electron chi connectivity index (χ1n) is 5.00. The maximum Gasteiger partial charge on any atom is 0.225 e. The Kier molecular flexibility index (Phi) is 4.05. The van der Waals surface area contributed by atoms with Gasteiger partial charge in [0.25, 0.3) is 0 Å². The molecular formula is C11H19NOS. The minimum Gasteiger partial charge on any atom is -0.349 e. The molecule has 0 aromatic carbocycles. The molecule has 1 atom stereocenters.